The Morgan fingerprint density at radius 3 is 2.95 bits per heavy atom. The van der Waals surface area contributed by atoms with Crippen molar-refractivity contribution in [1.82, 2.24) is 24.5 Å². The highest BCUT2D eigenvalue weighted by Crippen LogP contribution is 2.34. The van der Waals surface area contributed by atoms with Crippen LogP contribution >= 0.6 is 11.5 Å². The SMILES string of the molecule is CCc1nsc(N2CCCC[C@@H]2c2n[nH]c(C)n2)n1. The summed E-state index contributed by atoms with van der Waals surface area (Å²) in [4.78, 5) is 11.4. The third-order valence-electron chi connectivity index (χ3n) is 3.43. The number of hydrogen-bond donors (Lipinski definition) is 1. The number of aromatic amines is 1. The van der Waals surface area contributed by atoms with Gasteiger partial charge in [0.2, 0.25) is 5.13 Å². The van der Waals surface area contributed by atoms with E-state index < -0.39 is 0 Å². The van der Waals surface area contributed by atoms with Crippen molar-refractivity contribution in [1.29, 1.82) is 0 Å². The number of nitrogens with zero attached hydrogens (tertiary/aromatic N) is 5. The van der Waals surface area contributed by atoms with Gasteiger partial charge in [-0.2, -0.15) is 9.47 Å². The number of aryl methyl sites for hydroxylation is 2. The van der Waals surface area contributed by atoms with Gasteiger partial charge in [-0.3, -0.25) is 5.10 Å². The van der Waals surface area contributed by atoms with Gasteiger partial charge in [0.25, 0.3) is 0 Å². The molecule has 1 saturated heterocycles. The Bertz CT molecular complexity index is 548. The molecule has 2 aromatic heterocycles. The summed E-state index contributed by atoms with van der Waals surface area (Å²) in [6.45, 7) is 5.03. The molecule has 0 unspecified atom stereocenters. The number of rotatable bonds is 3. The minimum atomic E-state index is 0.233. The van der Waals surface area contributed by atoms with Crippen LogP contribution in [-0.2, 0) is 6.42 Å². The van der Waals surface area contributed by atoms with Crippen LogP contribution in [0.2, 0.25) is 0 Å². The second-order valence-electron chi connectivity index (χ2n) is 4.83. The van der Waals surface area contributed by atoms with E-state index in [1.807, 2.05) is 6.92 Å². The van der Waals surface area contributed by atoms with Crippen LogP contribution in [0.15, 0.2) is 0 Å². The third kappa shape index (κ3) is 2.47. The summed E-state index contributed by atoms with van der Waals surface area (Å²) in [6, 6.07) is 0.233. The molecular formula is C12H18N6S. The lowest BCUT2D eigenvalue weighted by Crippen LogP contribution is -2.34. The van der Waals surface area contributed by atoms with Crippen molar-refractivity contribution < 1.29 is 0 Å². The summed E-state index contributed by atoms with van der Waals surface area (Å²) in [5.74, 6) is 2.67. The Labute approximate surface area is 116 Å². The monoisotopic (exact) mass is 278 g/mol. The maximum atomic E-state index is 4.60. The van der Waals surface area contributed by atoms with Crippen LogP contribution < -0.4 is 4.90 Å². The van der Waals surface area contributed by atoms with Crippen molar-refractivity contribution in [3.63, 3.8) is 0 Å². The summed E-state index contributed by atoms with van der Waals surface area (Å²) in [7, 11) is 0. The molecule has 2 aromatic rings. The molecule has 0 radical (unpaired) electrons. The predicted molar refractivity (Wildman–Crippen MR) is 74.3 cm³/mol. The Hall–Kier alpha value is -1.50. The van der Waals surface area contributed by atoms with Gasteiger partial charge < -0.3 is 4.90 Å². The fraction of sp³-hybridized carbons (Fsp3) is 0.667. The molecule has 1 N–H and O–H groups in total. The zero-order chi connectivity index (χ0) is 13.2. The quantitative estimate of drug-likeness (QED) is 0.932. The predicted octanol–water partition coefficient (Wildman–Crippen LogP) is 2.26. The van der Waals surface area contributed by atoms with E-state index in [1.165, 1.54) is 24.4 Å². The van der Waals surface area contributed by atoms with Crippen molar-refractivity contribution in [2.45, 2.75) is 45.6 Å². The summed E-state index contributed by atoms with van der Waals surface area (Å²) < 4.78 is 4.38. The molecule has 7 heteroatoms. The number of nitrogens with one attached hydrogen (secondary N) is 1. The zero-order valence-corrected chi connectivity index (χ0v) is 12.1. The number of anilines is 1. The van der Waals surface area contributed by atoms with Crippen LogP contribution in [0.1, 0.15) is 49.7 Å². The molecule has 102 valence electrons. The average Bonchev–Trinajstić information content (AvgIpc) is 3.07. The lowest BCUT2D eigenvalue weighted by Gasteiger charge is -2.33. The van der Waals surface area contributed by atoms with Crippen LogP contribution in [0.5, 0.6) is 0 Å². The van der Waals surface area contributed by atoms with Crippen molar-refractivity contribution in [3.8, 4) is 0 Å². The maximum absolute atomic E-state index is 4.60. The van der Waals surface area contributed by atoms with Crippen molar-refractivity contribution >= 4 is 16.7 Å². The third-order valence-corrected chi connectivity index (χ3v) is 4.23. The van der Waals surface area contributed by atoms with Gasteiger partial charge in [0.15, 0.2) is 5.82 Å². The lowest BCUT2D eigenvalue weighted by atomic mass is 10.0. The number of H-pyrrole nitrogens is 1. The molecule has 3 rings (SSSR count). The molecule has 1 fully saturated rings. The molecule has 0 spiro atoms. The van der Waals surface area contributed by atoms with Gasteiger partial charge in [-0.25, -0.2) is 9.97 Å². The van der Waals surface area contributed by atoms with Crippen molar-refractivity contribution in [2.24, 2.45) is 0 Å². The Balaban J connectivity index is 1.88. The molecule has 0 saturated carbocycles. The first-order valence-electron chi connectivity index (χ1n) is 6.76. The normalized spacial score (nSPS) is 19.9. The van der Waals surface area contributed by atoms with Crippen LogP contribution in [0.25, 0.3) is 0 Å². The molecule has 1 atom stereocenters. The second kappa shape index (κ2) is 5.24. The molecular weight excluding hydrogens is 260 g/mol. The first kappa shape index (κ1) is 12.5. The van der Waals surface area contributed by atoms with E-state index in [1.54, 1.807) is 0 Å². The van der Waals surface area contributed by atoms with E-state index in [0.717, 1.165) is 42.0 Å². The molecule has 0 aliphatic carbocycles. The lowest BCUT2D eigenvalue weighted by molar-refractivity contribution is 0.456. The average molecular weight is 278 g/mol. The van der Waals surface area contributed by atoms with E-state index >= 15 is 0 Å². The molecule has 1 aliphatic heterocycles. The highest BCUT2D eigenvalue weighted by atomic mass is 32.1. The Morgan fingerprint density at radius 1 is 1.37 bits per heavy atom. The second-order valence-corrected chi connectivity index (χ2v) is 5.56. The first-order chi connectivity index (χ1) is 9.28. The number of aromatic nitrogens is 5. The van der Waals surface area contributed by atoms with Crippen LogP contribution in [-0.4, -0.2) is 31.1 Å². The zero-order valence-electron chi connectivity index (χ0n) is 11.3. The standard InChI is InChI=1S/C12H18N6S/c1-3-10-14-12(19-17-10)18-7-5-4-6-9(18)11-13-8(2)15-16-11/h9H,3-7H2,1-2H3,(H,13,15,16)/t9-/m1/s1. The van der Waals surface area contributed by atoms with Gasteiger partial charge in [0, 0.05) is 24.5 Å². The summed E-state index contributed by atoms with van der Waals surface area (Å²) in [5.41, 5.74) is 0. The highest BCUT2D eigenvalue weighted by molar-refractivity contribution is 7.09. The van der Waals surface area contributed by atoms with Gasteiger partial charge in [-0.15, -0.1) is 0 Å². The fourth-order valence-electron chi connectivity index (χ4n) is 2.44. The van der Waals surface area contributed by atoms with Crippen molar-refractivity contribution in [3.05, 3.63) is 17.5 Å². The number of piperidine rings is 1. The molecule has 1 aliphatic rings. The molecule has 19 heavy (non-hydrogen) atoms. The summed E-state index contributed by atoms with van der Waals surface area (Å²) in [5, 5.41) is 8.26. The van der Waals surface area contributed by atoms with Crippen LogP contribution in [0.3, 0.4) is 0 Å². The van der Waals surface area contributed by atoms with E-state index in [2.05, 4.69) is 36.4 Å². The molecule has 6 nitrogen and oxygen atoms in total. The molecule has 3 heterocycles. The van der Waals surface area contributed by atoms with Gasteiger partial charge in [0.1, 0.15) is 11.6 Å². The molecule has 0 amide bonds. The van der Waals surface area contributed by atoms with Gasteiger partial charge in [0.05, 0.1) is 6.04 Å². The minimum Gasteiger partial charge on any atom is -0.337 e. The Kier molecular flexibility index (Phi) is 3.46. The fourth-order valence-corrected chi connectivity index (χ4v) is 3.27. The largest absolute Gasteiger partial charge is 0.337 e. The minimum absolute atomic E-state index is 0.233. The van der Waals surface area contributed by atoms with E-state index in [-0.39, 0.29) is 6.04 Å². The summed E-state index contributed by atoms with van der Waals surface area (Å²) in [6.07, 6.45) is 4.38. The molecule has 0 bridgehead atoms. The van der Waals surface area contributed by atoms with Gasteiger partial charge in [-0.1, -0.05) is 6.92 Å². The highest BCUT2D eigenvalue weighted by Gasteiger charge is 2.29. The molecule has 0 aromatic carbocycles. The smallest absolute Gasteiger partial charge is 0.205 e. The van der Waals surface area contributed by atoms with Crippen molar-refractivity contribution in [2.75, 3.05) is 11.4 Å². The number of hydrogen-bond acceptors (Lipinski definition) is 6. The topological polar surface area (TPSA) is 70.6 Å². The maximum Gasteiger partial charge on any atom is 0.205 e. The summed E-state index contributed by atoms with van der Waals surface area (Å²) >= 11 is 1.48. The van der Waals surface area contributed by atoms with E-state index in [4.69, 9.17) is 0 Å². The van der Waals surface area contributed by atoms with Crippen LogP contribution in [0.4, 0.5) is 5.13 Å². The van der Waals surface area contributed by atoms with E-state index in [9.17, 15) is 0 Å². The van der Waals surface area contributed by atoms with Gasteiger partial charge in [-0.05, 0) is 26.2 Å². The van der Waals surface area contributed by atoms with Crippen LogP contribution in [0, 0.1) is 6.92 Å². The first-order valence-corrected chi connectivity index (χ1v) is 7.53. The van der Waals surface area contributed by atoms with E-state index in [0.29, 0.717) is 0 Å². The van der Waals surface area contributed by atoms with Gasteiger partial charge >= 0.3 is 0 Å². The Morgan fingerprint density at radius 2 is 2.26 bits per heavy atom.